The van der Waals surface area contributed by atoms with E-state index in [4.69, 9.17) is 10.4 Å². The summed E-state index contributed by atoms with van der Waals surface area (Å²) >= 11 is 0. The maximum atomic E-state index is 13.9. The van der Waals surface area contributed by atoms with Crippen molar-refractivity contribution in [2.24, 2.45) is 0 Å². The Kier molecular flexibility index (Phi) is 3.85. The molecule has 0 atom stereocenters. The fourth-order valence-electron chi connectivity index (χ4n) is 1.93. The lowest BCUT2D eigenvalue weighted by Crippen LogP contribution is -2.19. The molecule has 0 bridgehead atoms. The van der Waals surface area contributed by atoms with Crippen LogP contribution in [0.3, 0.4) is 0 Å². The van der Waals surface area contributed by atoms with Gasteiger partial charge in [-0.3, -0.25) is 4.79 Å². The first-order valence-electron chi connectivity index (χ1n) is 6.05. The van der Waals surface area contributed by atoms with Crippen molar-refractivity contribution in [3.05, 3.63) is 68.9 Å². The van der Waals surface area contributed by atoms with Crippen LogP contribution >= 0.6 is 0 Å². The van der Waals surface area contributed by atoms with E-state index >= 15 is 0 Å². The molecule has 2 rings (SSSR count). The Hall–Kier alpha value is -2.94. The molecule has 2 aromatic rings. The number of rotatable bonds is 3. The van der Waals surface area contributed by atoms with E-state index in [1.165, 1.54) is 29.0 Å². The average Bonchev–Trinajstić information content (AvgIpc) is 2.43. The Morgan fingerprint density at radius 1 is 1.43 bits per heavy atom. The highest BCUT2D eigenvalue weighted by molar-refractivity contribution is 5.87. The van der Waals surface area contributed by atoms with Crippen molar-refractivity contribution in [2.45, 2.75) is 13.5 Å². The summed E-state index contributed by atoms with van der Waals surface area (Å²) in [5.74, 6) is -1.88. The van der Waals surface area contributed by atoms with Crippen LogP contribution in [0.25, 0.3) is 0 Å². The zero-order chi connectivity index (χ0) is 15.6. The monoisotopic (exact) mass is 286 g/mol. The van der Waals surface area contributed by atoms with Gasteiger partial charge >= 0.3 is 5.97 Å². The molecule has 0 amide bonds. The van der Waals surface area contributed by atoms with Crippen LogP contribution in [0.1, 0.15) is 27.2 Å². The van der Waals surface area contributed by atoms with Crippen molar-refractivity contribution in [2.75, 3.05) is 0 Å². The number of aromatic nitrogens is 1. The van der Waals surface area contributed by atoms with E-state index in [1.54, 1.807) is 6.92 Å². The summed E-state index contributed by atoms with van der Waals surface area (Å²) in [7, 11) is 0. The van der Waals surface area contributed by atoms with E-state index in [1.807, 2.05) is 6.07 Å². The van der Waals surface area contributed by atoms with Gasteiger partial charge in [0.1, 0.15) is 11.4 Å². The van der Waals surface area contributed by atoms with Gasteiger partial charge < -0.3 is 9.67 Å². The lowest BCUT2D eigenvalue weighted by molar-refractivity contribution is 0.0694. The fourth-order valence-corrected chi connectivity index (χ4v) is 1.93. The number of pyridine rings is 1. The Balaban J connectivity index is 2.45. The number of carboxylic acid groups (broad SMARTS) is 1. The molecule has 0 fully saturated rings. The summed E-state index contributed by atoms with van der Waals surface area (Å²) in [6.45, 7) is 1.71. The zero-order valence-electron chi connectivity index (χ0n) is 11.1. The molecule has 0 saturated heterocycles. The van der Waals surface area contributed by atoms with E-state index in [-0.39, 0.29) is 17.7 Å². The standard InChI is InChI=1S/C15H11FN2O3/c1-9-4-14(19)12(15(20)21)8-18(9)7-11-3-2-10(6-17)5-13(11)16/h2-5,8H,7H2,1H3,(H,20,21). The highest BCUT2D eigenvalue weighted by atomic mass is 19.1. The molecule has 5 nitrogen and oxygen atoms in total. The van der Waals surface area contributed by atoms with Crippen LogP contribution in [-0.2, 0) is 6.54 Å². The number of hydrogen-bond acceptors (Lipinski definition) is 3. The van der Waals surface area contributed by atoms with Gasteiger partial charge in [0.15, 0.2) is 5.43 Å². The van der Waals surface area contributed by atoms with Gasteiger partial charge in [0.2, 0.25) is 0 Å². The quantitative estimate of drug-likeness (QED) is 0.934. The first kappa shape index (κ1) is 14.5. The number of halogens is 1. The molecule has 0 unspecified atom stereocenters. The molecular weight excluding hydrogens is 275 g/mol. The van der Waals surface area contributed by atoms with Gasteiger partial charge in [-0.05, 0) is 19.1 Å². The number of carboxylic acids is 1. The second-order valence-corrected chi connectivity index (χ2v) is 4.54. The van der Waals surface area contributed by atoms with E-state index in [9.17, 15) is 14.0 Å². The minimum absolute atomic E-state index is 0.0733. The van der Waals surface area contributed by atoms with Crippen LogP contribution < -0.4 is 5.43 Å². The van der Waals surface area contributed by atoms with Crippen LogP contribution in [0.2, 0.25) is 0 Å². The molecule has 21 heavy (non-hydrogen) atoms. The normalized spacial score (nSPS) is 10.1. The molecular formula is C15H11FN2O3. The lowest BCUT2D eigenvalue weighted by Gasteiger charge is -2.12. The maximum Gasteiger partial charge on any atom is 0.341 e. The van der Waals surface area contributed by atoms with Crippen molar-refractivity contribution < 1.29 is 14.3 Å². The molecule has 106 valence electrons. The highest BCUT2D eigenvalue weighted by Crippen LogP contribution is 2.13. The number of benzene rings is 1. The van der Waals surface area contributed by atoms with Gasteiger partial charge in [0, 0.05) is 23.5 Å². The third-order valence-electron chi connectivity index (χ3n) is 3.10. The van der Waals surface area contributed by atoms with Gasteiger partial charge in [-0.15, -0.1) is 0 Å². The Morgan fingerprint density at radius 2 is 2.14 bits per heavy atom. The Morgan fingerprint density at radius 3 is 2.71 bits per heavy atom. The SMILES string of the molecule is Cc1cc(=O)c(C(=O)O)cn1Cc1ccc(C#N)cc1F. The molecule has 0 aliphatic rings. The number of nitriles is 1. The minimum Gasteiger partial charge on any atom is -0.477 e. The number of aromatic carboxylic acids is 1. The van der Waals surface area contributed by atoms with Gasteiger partial charge in [-0.25, -0.2) is 9.18 Å². The minimum atomic E-state index is -1.32. The van der Waals surface area contributed by atoms with Crippen LogP contribution in [0.5, 0.6) is 0 Å². The number of nitrogens with zero attached hydrogens (tertiary/aromatic N) is 2. The molecule has 0 aliphatic heterocycles. The van der Waals surface area contributed by atoms with Gasteiger partial charge in [-0.2, -0.15) is 5.26 Å². The summed E-state index contributed by atoms with van der Waals surface area (Å²) in [6, 6.07) is 7.10. The predicted octanol–water partition coefficient (Wildman–Crippen LogP) is 1.91. The summed E-state index contributed by atoms with van der Waals surface area (Å²) in [6.07, 6.45) is 1.19. The number of aryl methyl sites for hydroxylation is 1. The van der Waals surface area contributed by atoms with Crippen LogP contribution in [-0.4, -0.2) is 15.6 Å². The smallest absolute Gasteiger partial charge is 0.341 e. The molecule has 1 aromatic carbocycles. The van der Waals surface area contributed by atoms with Crippen LogP contribution in [0, 0.1) is 24.1 Å². The van der Waals surface area contributed by atoms with Gasteiger partial charge in [0.25, 0.3) is 0 Å². The van der Waals surface area contributed by atoms with Crippen molar-refractivity contribution in [1.29, 1.82) is 5.26 Å². The van der Waals surface area contributed by atoms with Crippen molar-refractivity contribution in [3.63, 3.8) is 0 Å². The first-order chi connectivity index (χ1) is 9.92. The highest BCUT2D eigenvalue weighted by Gasteiger charge is 2.12. The van der Waals surface area contributed by atoms with Crippen molar-refractivity contribution in [1.82, 2.24) is 4.57 Å². The van der Waals surface area contributed by atoms with Crippen molar-refractivity contribution in [3.8, 4) is 6.07 Å². The zero-order valence-corrected chi connectivity index (χ0v) is 11.1. The molecule has 0 aliphatic carbocycles. The van der Waals surface area contributed by atoms with E-state index in [2.05, 4.69) is 0 Å². The molecule has 1 heterocycles. The Labute approximate surface area is 119 Å². The third-order valence-corrected chi connectivity index (χ3v) is 3.10. The Bertz CT molecular complexity index is 819. The van der Waals surface area contributed by atoms with E-state index in [0.29, 0.717) is 11.3 Å². The molecule has 1 aromatic heterocycles. The largest absolute Gasteiger partial charge is 0.477 e. The summed E-state index contributed by atoms with van der Waals surface area (Å²) < 4.78 is 15.3. The van der Waals surface area contributed by atoms with E-state index in [0.717, 1.165) is 6.07 Å². The van der Waals surface area contributed by atoms with Gasteiger partial charge in [-0.1, -0.05) is 6.07 Å². The predicted molar refractivity (Wildman–Crippen MR) is 72.6 cm³/mol. The molecule has 1 N–H and O–H groups in total. The molecule has 0 radical (unpaired) electrons. The average molecular weight is 286 g/mol. The summed E-state index contributed by atoms with van der Waals surface area (Å²) in [5.41, 5.74) is 0.0798. The third kappa shape index (κ3) is 2.98. The summed E-state index contributed by atoms with van der Waals surface area (Å²) in [4.78, 5) is 22.5. The maximum absolute atomic E-state index is 13.9. The second-order valence-electron chi connectivity index (χ2n) is 4.54. The fraction of sp³-hybridized carbons (Fsp3) is 0.133. The van der Waals surface area contributed by atoms with Crippen LogP contribution in [0.4, 0.5) is 4.39 Å². The summed E-state index contributed by atoms with van der Waals surface area (Å²) in [5, 5.41) is 17.6. The molecule has 0 saturated carbocycles. The molecule has 6 heteroatoms. The first-order valence-corrected chi connectivity index (χ1v) is 6.05. The van der Waals surface area contributed by atoms with Crippen molar-refractivity contribution >= 4 is 5.97 Å². The number of hydrogen-bond donors (Lipinski definition) is 1. The molecule has 0 spiro atoms. The lowest BCUT2D eigenvalue weighted by atomic mass is 10.1. The van der Waals surface area contributed by atoms with Crippen LogP contribution in [0.15, 0.2) is 35.3 Å². The second kappa shape index (κ2) is 5.59. The van der Waals surface area contributed by atoms with Gasteiger partial charge in [0.05, 0.1) is 18.2 Å². The number of carbonyl (C=O) groups is 1. The van der Waals surface area contributed by atoms with E-state index < -0.39 is 17.2 Å². The topological polar surface area (TPSA) is 83.1 Å².